The van der Waals surface area contributed by atoms with E-state index in [4.69, 9.17) is 4.98 Å². The molecule has 2 aliphatic rings. The van der Waals surface area contributed by atoms with Gasteiger partial charge in [-0.15, -0.1) is 10.2 Å². The number of carbonyl (C=O) groups excluding carboxylic acids is 1. The van der Waals surface area contributed by atoms with Crippen LogP contribution in [0.4, 0.5) is 0 Å². The zero-order chi connectivity index (χ0) is 18.9. The predicted octanol–water partition coefficient (Wildman–Crippen LogP) is 4.04. The molecule has 28 heavy (non-hydrogen) atoms. The Balaban J connectivity index is 1.53. The van der Waals surface area contributed by atoms with Crippen LogP contribution in [-0.4, -0.2) is 49.2 Å². The Morgan fingerprint density at radius 2 is 1.82 bits per heavy atom. The van der Waals surface area contributed by atoms with Crippen molar-refractivity contribution in [3.8, 4) is 0 Å². The number of benzene rings is 1. The Morgan fingerprint density at radius 3 is 2.64 bits per heavy atom. The Labute approximate surface area is 168 Å². The highest BCUT2D eigenvalue weighted by molar-refractivity contribution is 7.99. The van der Waals surface area contributed by atoms with E-state index in [1.165, 1.54) is 31.0 Å². The lowest BCUT2D eigenvalue weighted by molar-refractivity contribution is -0.127. The summed E-state index contributed by atoms with van der Waals surface area (Å²) in [6.45, 7) is 1.78. The summed E-state index contributed by atoms with van der Waals surface area (Å²) in [5.74, 6) is 2.12. The number of hydrogen-bond acceptors (Lipinski definition) is 5. The second-order valence-corrected chi connectivity index (χ2v) is 8.78. The van der Waals surface area contributed by atoms with Crippen molar-refractivity contribution in [2.45, 2.75) is 56.0 Å². The summed E-state index contributed by atoms with van der Waals surface area (Å²) in [4.78, 5) is 19.5. The highest BCUT2D eigenvalue weighted by Crippen LogP contribution is 2.35. The number of nitrogens with zero attached hydrogens (tertiary/aromatic N) is 5. The number of para-hydroxylation sites is 1. The smallest absolute Gasteiger partial charge is 0.233 e. The van der Waals surface area contributed by atoms with Gasteiger partial charge in [-0.3, -0.25) is 9.20 Å². The van der Waals surface area contributed by atoms with E-state index in [1.807, 2.05) is 17.0 Å². The molecule has 0 atom stereocenters. The van der Waals surface area contributed by atoms with E-state index in [1.54, 1.807) is 0 Å². The summed E-state index contributed by atoms with van der Waals surface area (Å²) in [6, 6.07) is 8.15. The Kier molecular flexibility index (Phi) is 4.93. The first-order chi connectivity index (χ1) is 13.8. The summed E-state index contributed by atoms with van der Waals surface area (Å²) in [6.07, 6.45) is 8.36. The van der Waals surface area contributed by atoms with E-state index in [9.17, 15) is 4.79 Å². The summed E-state index contributed by atoms with van der Waals surface area (Å²) in [5, 5.41) is 10.8. The zero-order valence-corrected chi connectivity index (χ0v) is 16.8. The van der Waals surface area contributed by atoms with Gasteiger partial charge < -0.3 is 4.90 Å². The van der Waals surface area contributed by atoms with Crippen LogP contribution in [0.3, 0.4) is 0 Å². The molecule has 2 fully saturated rings. The summed E-state index contributed by atoms with van der Waals surface area (Å²) in [5.41, 5.74) is 1.84. The quantitative estimate of drug-likeness (QED) is 0.624. The molecule has 3 heterocycles. The summed E-state index contributed by atoms with van der Waals surface area (Å²) >= 11 is 1.50. The first-order valence-electron chi connectivity index (χ1n) is 10.4. The zero-order valence-electron chi connectivity index (χ0n) is 16.0. The first-order valence-corrected chi connectivity index (χ1v) is 11.3. The van der Waals surface area contributed by atoms with Crippen LogP contribution in [0, 0.1) is 0 Å². The fourth-order valence-electron chi connectivity index (χ4n) is 4.50. The molecule has 6 nitrogen and oxygen atoms in total. The SMILES string of the molecule is O=C(CSc1nnc2c3ccccc3nc(C3CCCCC3)n12)N1CCCC1. The summed E-state index contributed by atoms with van der Waals surface area (Å²) < 4.78 is 2.13. The van der Waals surface area contributed by atoms with Crippen LogP contribution in [0.1, 0.15) is 56.7 Å². The van der Waals surface area contributed by atoms with Gasteiger partial charge in [-0.2, -0.15) is 0 Å². The molecule has 1 amide bonds. The largest absolute Gasteiger partial charge is 0.342 e. The number of thioether (sulfide) groups is 1. The fourth-order valence-corrected chi connectivity index (χ4v) is 5.34. The van der Waals surface area contributed by atoms with E-state index < -0.39 is 0 Å². The summed E-state index contributed by atoms with van der Waals surface area (Å²) in [7, 11) is 0. The Hall–Kier alpha value is -2.15. The average Bonchev–Trinajstić information content (AvgIpc) is 3.43. The molecule has 2 aromatic heterocycles. The topological polar surface area (TPSA) is 63.4 Å². The third-order valence-corrected chi connectivity index (χ3v) is 6.91. The number of hydrogen-bond donors (Lipinski definition) is 0. The molecule has 5 rings (SSSR count). The van der Waals surface area contributed by atoms with E-state index in [-0.39, 0.29) is 5.91 Å². The van der Waals surface area contributed by atoms with Crippen molar-refractivity contribution in [2.24, 2.45) is 0 Å². The number of rotatable bonds is 4. The predicted molar refractivity (Wildman–Crippen MR) is 111 cm³/mol. The van der Waals surface area contributed by atoms with Crippen molar-refractivity contribution in [3.63, 3.8) is 0 Å². The highest BCUT2D eigenvalue weighted by Gasteiger charge is 2.25. The number of amides is 1. The molecule has 1 aromatic carbocycles. The van der Waals surface area contributed by atoms with E-state index in [2.05, 4.69) is 26.7 Å². The molecule has 0 spiro atoms. The van der Waals surface area contributed by atoms with Crippen molar-refractivity contribution in [1.29, 1.82) is 0 Å². The standard InChI is InChI=1S/C21H25N5OS/c27-18(25-12-6-7-13-25)14-28-21-24-23-20-16-10-4-5-11-17(16)22-19(26(20)21)15-8-2-1-3-9-15/h4-5,10-11,15H,1-3,6-9,12-14H2. The van der Waals surface area contributed by atoms with Gasteiger partial charge in [-0.25, -0.2) is 4.98 Å². The first kappa shape index (κ1) is 17.9. The van der Waals surface area contributed by atoms with Crippen LogP contribution in [-0.2, 0) is 4.79 Å². The molecular weight excluding hydrogens is 370 g/mol. The molecule has 1 saturated heterocycles. The minimum atomic E-state index is 0.201. The van der Waals surface area contributed by atoms with Crippen LogP contribution in [0.25, 0.3) is 16.6 Å². The molecule has 0 radical (unpaired) electrons. The van der Waals surface area contributed by atoms with Crippen LogP contribution in [0.2, 0.25) is 0 Å². The average molecular weight is 396 g/mol. The van der Waals surface area contributed by atoms with Crippen molar-refractivity contribution in [1.82, 2.24) is 24.5 Å². The molecular formula is C21H25N5OS. The monoisotopic (exact) mass is 395 g/mol. The minimum absolute atomic E-state index is 0.201. The fraction of sp³-hybridized carbons (Fsp3) is 0.524. The lowest BCUT2D eigenvalue weighted by Gasteiger charge is -2.22. The van der Waals surface area contributed by atoms with Gasteiger partial charge in [0, 0.05) is 24.4 Å². The van der Waals surface area contributed by atoms with Crippen LogP contribution in [0.15, 0.2) is 29.4 Å². The van der Waals surface area contributed by atoms with Crippen molar-refractivity contribution in [3.05, 3.63) is 30.1 Å². The minimum Gasteiger partial charge on any atom is -0.342 e. The highest BCUT2D eigenvalue weighted by atomic mass is 32.2. The lowest BCUT2D eigenvalue weighted by atomic mass is 9.88. The van der Waals surface area contributed by atoms with Crippen LogP contribution in [0.5, 0.6) is 0 Å². The molecule has 0 N–H and O–H groups in total. The third-order valence-electron chi connectivity index (χ3n) is 6.00. The number of fused-ring (bicyclic) bond motifs is 3. The third kappa shape index (κ3) is 3.26. The van der Waals surface area contributed by atoms with Gasteiger partial charge in [0.1, 0.15) is 5.82 Å². The maximum Gasteiger partial charge on any atom is 0.233 e. The molecule has 7 heteroatoms. The molecule has 1 saturated carbocycles. The number of carbonyl (C=O) groups is 1. The second-order valence-electron chi connectivity index (χ2n) is 7.84. The molecule has 3 aromatic rings. The van der Waals surface area contributed by atoms with E-state index in [0.29, 0.717) is 11.7 Å². The maximum absolute atomic E-state index is 12.5. The lowest BCUT2D eigenvalue weighted by Crippen LogP contribution is -2.29. The van der Waals surface area contributed by atoms with Crippen LogP contribution < -0.4 is 0 Å². The molecule has 1 aliphatic heterocycles. The number of aromatic nitrogens is 4. The van der Waals surface area contributed by atoms with Gasteiger partial charge in [-0.1, -0.05) is 43.2 Å². The molecule has 0 bridgehead atoms. The van der Waals surface area contributed by atoms with Crippen molar-refractivity contribution in [2.75, 3.05) is 18.8 Å². The van der Waals surface area contributed by atoms with Gasteiger partial charge in [0.05, 0.1) is 11.3 Å². The van der Waals surface area contributed by atoms with Crippen molar-refractivity contribution < 1.29 is 4.79 Å². The van der Waals surface area contributed by atoms with Gasteiger partial charge in [0.2, 0.25) is 5.91 Å². The molecule has 146 valence electrons. The molecule has 1 aliphatic carbocycles. The van der Waals surface area contributed by atoms with Gasteiger partial charge in [-0.05, 0) is 37.8 Å². The normalized spacial score (nSPS) is 18.4. The van der Waals surface area contributed by atoms with Gasteiger partial charge in [0.15, 0.2) is 10.8 Å². The van der Waals surface area contributed by atoms with E-state index in [0.717, 1.165) is 66.3 Å². The Bertz CT molecular complexity index is 1000. The van der Waals surface area contributed by atoms with Gasteiger partial charge >= 0.3 is 0 Å². The van der Waals surface area contributed by atoms with E-state index >= 15 is 0 Å². The van der Waals surface area contributed by atoms with Crippen LogP contribution >= 0.6 is 11.8 Å². The molecule has 0 unspecified atom stereocenters. The Morgan fingerprint density at radius 1 is 1.04 bits per heavy atom. The maximum atomic E-state index is 12.5. The van der Waals surface area contributed by atoms with Crippen molar-refractivity contribution >= 4 is 34.2 Å². The second kappa shape index (κ2) is 7.70. The number of likely N-dealkylation sites (tertiary alicyclic amines) is 1. The van der Waals surface area contributed by atoms with Gasteiger partial charge in [0.25, 0.3) is 0 Å².